The average molecular weight is 1010 g/mol. The number of aromatic amines is 1. The molecule has 1 saturated heterocycles. The molecule has 5 rings (SSSR count). The maximum atomic E-state index is 14.1. The van der Waals surface area contributed by atoms with Crippen LogP contribution in [-0.4, -0.2) is 154 Å². The summed E-state index contributed by atoms with van der Waals surface area (Å²) >= 11 is 1.00. The number of carbonyl (C=O) groups is 6. The fourth-order valence-corrected chi connectivity index (χ4v) is 9.13. The first-order valence-corrected chi connectivity index (χ1v) is 25.5. The van der Waals surface area contributed by atoms with Crippen molar-refractivity contribution in [2.24, 2.45) is 0 Å². The van der Waals surface area contributed by atoms with Crippen LogP contribution in [0.1, 0.15) is 127 Å². The molecule has 2 aliphatic rings. The monoisotopic (exact) mass is 1010 g/mol. The van der Waals surface area contributed by atoms with Crippen molar-refractivity contribution in [1.29, 1.82) is 0 Å². The number of aryl methyl sites for hydroxylation is 1. The van der Waals surface area contributed by atoms with E-state index in [1.165, 1.54) is 6.92 Å². The largest absolute Gasteiger partial charge is 0.470 e. The molecule has 1 aromatic carbocycles. The number of carbonyl (C=O) groups excluding carboxylic acids is 6. The van der Waals surface area contributed by atoms with Gasteiger partial charge in [0.2, 0.25) is 11.7 Å². The molecule has 3 atom stereocenters. The van der Waals surface area contributed by atoms with Crippen LogP contribution in [0.2, 0.25) is 0 Å². The van der Waals surface area contributed by atoms with E-state index in [4.69, 9.17) is 18.9 Å². The predicted molar refractivity (Wildman–Crippen MR) is 275 cm³/mol. The molecule has 0 saturated carbocycles. The van der Waals surface area contributed by atoms with Gasteiger partial charge >= 0.3 is 5.97 Å². The third-order valence-corrected chi connectivity index (χ3v) is 13.7. The summed E-state index contributed by atoms with van der Waals surface area (Å²) in [5.74, 6) is -1.16. The maximum absolute atomic E-state index is 14.1. The molecule has 0 bridgehead atoms. The zero-order valence-electron chi connectivity index (χ0n) is 43.5. The van der Waals surface area contributed by atoms with E-state index >= 15 is 0 Å². The van der Waals surface area contributed by atoms with E-state index in [0.29, 0.717) is 103 Å². The smallest absolute Gasteiger partial charge is 0.306 e. The first kappa shape index (κ1) is 56.4. The van der Waals surface area contributed by atoms with Crippen LogP contribution in [0.15, 0.2) is 18.2 Å². The minimum absolute atomic E-state index is 0.0881. The normalized spacial score (nSPS) is 16.1. The number of Topliss-reactive ketones (excluding diaryl/α,β-unsaturated/α-hetero) is 2. The fourth-order valence-electron chi connectivity index (χ4n) is 8.61. The third kappa shape index (κ3) is 15.0. The highest BCUT2D eigenvalue weighted by Crippen LogP contribution is 2.36. The lowest BCUT2D eigenvalue weighted by molar-refractivity contribution is -0.155. The molecule has 20 heteroatoms. The Morgan fingerprint density at radius 2 is 1.73 bits per heavy atom. The Labute approximate surface area is 422 Å². The van der Waals surface area contributed by atoms with Gasteiger partial charge in [0.1, 0.15) is 24.9 Å². The van der Waals surface area contributed by atoms with Crippen molar-refractivity contribution in [3.05, 3.63) is 46.3 Å². The summed E-state index contributed by atoms with van der Waals surface area (Å²) in [6.07, 6.45) is 1.86. The first-order chi connectivity index (χ1) is 33.7. The number of nitrogens with zero attached hydrogens (tertiary/aromatic N) is 5. The second-order valence-electron chi connectivity index (χ2n) is 19.2. The van der Waals surface area contributed by atoms with Crippen molar-refractivity contribution in [3.63, 3.8) is 0 Å². The Kier molecular flexibility index (Phi) is 20.4. The van der Waals surface area contributed by atoms with Crippen LogP contribution >= 0.6 is 11.7 Å². The maximum Gasteiger partial charge on any atom is 0.306 e. The molecule has 0 aliphatic carbocycles. The van der Waals surface area contributed by atoms with Gasteiger partial charge in [-0.25, -0.2) is 0 Å². The van der Waals surface area contributed by atoms with Crippen molar-refractivity contribution in [3.8, 4) is 5.88 Å². The van der Waals surface area contributed by atoms with E-state index in [1.807, 2.05) is 58.3 Å². The third-order valence-electron chi connectivity index (χ3n) is 13.2. The van der Waals surface area contributed by atoms with Gasteiger partial charge in [-0.15, -0.1) is 4.37 Å². The molecule has 3 amide bonds. The summed E-state index contributed by atoms with van der Waals surface area (Å²) in [6.45, 7) is 25.7. The van der Waals surface area contributed by atoms with Crippen LogP contribution in [-0.2, 0) is 38.2 Å². The van der Waals surface area contributed by atoms with E-state index < -0.39 is 35.2 Å². The number of hydrogen-bond donors (Lipinski definition) is 4. The topological polar surface area (TPSA) is 227 Å². The van der Waals surface area contributed by atoms with Gasteiger partial charge in [-0.3, -0.25) is 33.7 Å². The molecule has 0 radical (unpaired) electrons. The van der Waals surface area contributed by atoms with Crippen molar-refractivity contribution in [2.75, 3.05) is 87.8 Å². The highest BCUT2D eigenvalue weighted by atomic mass is 32.1. The van der Waals surface area contributed by atoms with Crippen molar-refractivity contribution >= 4 is 75.8 Å². The number of morpholine rings is 1. The zero-order chi connectivity index (χ0) is 52.0. The van der Waals surface area contributed by atoms with Gasteiger partial charge in [0.15, 0.2) is 11.6 Å². The highest BCUT2D eigenvalue weighted by molar-refractivity contribution is 6.99. The number of esters is 1. The summed E-state index contributed by atoms with van der Waals surface area (Å²) in [5.41, 5.74) is 2.70. The van der Waals surface area contributed by atoms with Crippen molar-refractivity contribution < 1.29 is 47.7 Å². The molecular formula is C51H75N9O10S. The van der Waals surface area contributed by atoms with Gasteiger partial charge < -0.3 is 49.7 Å². The summed E-state index contributed by atoms with van der Waals surface area (Å²) in [6, 6.07) is 4.40. The number of likely N-dealkylation sites (N-methyl/N-ethyl adjacent to an activating group) is 1. The molecule has 0 spiro atoms. The van der Waals surface area contributed by atoms with Crippen LogP contribution in [0.4, 0.5) is 17.2 Å². The van der Waals surface area contributed by atoms with Gasteiger partial charge in [-0.05, 0) is 104 Å². The number of ether oxygens (including phenoxy) is 4. The number of H-pyrrole nitrogens is 1. The molecule has 4 N–H and O–H groups in total. The number of ketones is 2. The average Bonchev–Trinajstić information content (AvgIpc) is 4.02. The summed E-state index contributed by atoms with van der Waals surface area (Å²) < 4.78 is 32.7. The molecule has 2 aliphatic heterocycles. The molecule has 3 aromatic rings. The van der Waals surface area contributed by atoms with E-state index in [1.54, 1.807) is 31.2 Å². The summed E-state index contributed by atoms with van der Waals surface area (Å²) in [4.78, 5) is 89.7. The van der Waals surface area contributed by atoms with E-state index in [9.17, 15) is 28.8 Å². The number of fused-ring (bicyclic) bond motifs is 1. The lowest BCUT2D eigenvalue weighted by Gasteiger charge is -2.42. The van der Waals surface area contributed by atoms with Gasteiger partial charge in [-0.1, -0.05) is 34.1 Å². The number of nitrogens with one attached hydrogen (secondary N) is 4. The molecule has 390 valence electrons. The number of anilines is 3. The Hall–Kier alpha value is -5.54. The van der Waals surface area contributed by atoms with Crippen molar-refractivity contribution in [1.82, 2.24) is 28.8 Å². The molecular weight excluding hydrogens is 931 g/mol. The fraction of sp³-hybridized carbons (Fsp3) is 0.608. The van der Waals surface area contributed by atoms with Crippen molar-refractivity contribution in [2.45, 2.75) is 132 Å². The van der Waals surface area contributed by atoms with Gasteiger partial charge in [-0.2, -0.15) is 4.37 Å². The zero-order valence-corrected chi connectivity index (χ0v) is 44.3. The van der Waals surface area contributed by atoms with Gasteiger partial charge in [0.05, 0.1) is 48.5 Å². The molecule has 19 nitrogen and oxygen atoms in total. The first-order valence-electron chi connectivity index (χ1n) is 24.8. The van der Waals surface area contributed by atoms with E-state index in [0.717, 1.165) is 31.4 Å². The predicted octanol–water partition coefficient (Wildman–Crippen LogP) is 6.21. The molecule has 2 unspecified atom stereocenters. The number of rotatable bonds is 27. The van der Waals surface area contributed by atoms with Crippen LogP contribution in [0, 0.1) is 13.8 Å². The molecule has 4 heterocycles. The van der Waals surface area contributed by atoms with Gasteiger partial charge in [0.25, 0.3) is 17.7 Å². The minimum Gasteiger partial charge on any atom is -0.470 e. The van der Waals surface area contributed by atoms with Gasteiger partial charge in [0, 0.05) is 73.0 Å². The van der Waals surface area contributed by atoms with E-state index in [-0.39, 0.29) is 61.9 Å². The second kappa shape index (κ2) is 25.7. The molecule has 2 aromatic heterocycles. The number of benzene rings is 1. The van der Waals surface area contributed by atoms with E-state index in [2.05, 4.69) is 48.4 Å². The highest BCUT2D eigenvalue weighted by Gasteiger charge is 2.38. The lowest BCUT2D eigenvalue weighted by atomic mass is 9.95. The number of aromatic nitrogens is 3. The second-order valence-corrected chi connectivity index (χ2v) is 19.7. The number of hydrogen-bond acceptors (Lipinski definition) is 16. The SMILES string of the molecule is CCCC(C(=O)COC(C)(CC)C(C)=O)N(C[C@@H](COc1nsnc1N1CCOCC1)OC(=O)CCC(=O)Nc1ccc2c(c1)/C(=C/c1[nH]c(C)c(C(=O)NCCN(CC)CC)c1C)C(=O)N2)C(C)(C)C. The van der Waals surface area contributed by atoms with Crippen LogP contribution in [0.3, 0.4) is 0 Å². The van der Waals surface area contributed by atoms with Crippen LogP contribution in [0.25, 0.3) is 11.6 Å². The Morgan fingerprint density at radius 1 is 1.01 bits per heavy atom. The Morgan fingerprint density at radius 3 is 2.38 bits per heavy atom. The standard InChI is InChI=1S/C51H75N9O10S/c1-12-16-41(42(62)31-69-51(11,13-2)34(7)61)60(50(8,9)10)29-36(30-68-49-46(56-71-57-49)59-23-25-67-26-24-59)70-44(64)20-19-43(63)54-35-17-18-39-37(27-35)38(47(65)55-39)28-40-32(5)45(33(6)53-40)48(66)52-21-22-58(14-3)15-4/h17-18,27-28,36,41,53H,12-16,19-26,29-31H2,1-11H3,(H,52,66)(H,54,63)(H,55,65)/b38-28-/t36-,41?,51?/m0/s1. The number of amides is 3. The van der Waals surface area contributed by atoms with Crippen LogP contribution in [0.5, 0.6) is 5.88 Å². The Bertz CT molecular complexity index is 2380. The molecule has 1 fully saturated rings. The lowest BCUT2D eigenvalue weighted by Crippen LogP contribution is -2.56. The summed E-state index contributed by atoms with van der Waals surface area (Å²) in [5, 5.41) is 8.74. The Balaban J connectivity index is 1.29. The minimum atomic E-state index is -1.10. The van der Waals surface area contributed by atoms with Crippen LogP contribution < -0.4 is 25.6 Å². The molecule has 71 heavy (non-hydrogen) atoms. The quantitative estimate of drug-likeness (QED) is 0.0492. The summed E-state index contributed by atoms with van der Waals surface area (Å²) in [7, 11) is 0.